The number of sulfonamides is 1. The minimum Gasteiger partial charge on any atom is -0.516 e. The van der Waals surface area contributed by atoms with E-state index < -0.39 is 20.7 Å². The summed E-state index contributed by atoms with van der Waals surface area (Å²) in [5.41, 5.74) is 5.86. The molecule has 0 fully saturated rings. The average molecular weight is 464 g/mol. The Hall–Kier alpha value is -1.92. The van der Waals surface area contributed by atoms with Crippen LogP contribution in [0, 0.1) is 5.82 Å². The van der Waals surface area contributed by atoms with Crippen molar-refractivity contribution in [3.05, 3.63) is 46.9 Å². The van der Waals surface area contributed by atoms with Crippen LogP contribution in [-0.2, 0) is 10.0 Å². The molecule has 0 spiro atoms. The lowest BCUT2D eigenvalue weighted by molar-refractivity contribution is 0.462. The zero-order chi connectivity index (χ0) is 21.3. The molecule has 0 radical (unpaired) electrons. The minimum atomic E-state index is -4.13. The van der Waals surface area contributed by atoms with E-state index in [0.29, 0.717) is 25.3 Å². The molecule has 1 aromatic heterocycles. The smallest absolute Gasteiger partial charge is 0.266 e. The predicted molar refractivity (Wildman–Crippen MR) is 115 cm³/mol. The molecule has 6 N–H and O–H groups in total. The van der Waals surface area contributed by atoms with Crippen LogP contribution in [0.3, 0.4) is 0 Å². The molecule has 1 heterocycles. The Morgan fingerprint density at radius 2 is 2.10 bits per heavy atom. The highest BCUT2D eigenvalue weighted by molar-refractivity contribution is 7.93. The van der Waals surface area contributed by atoms with Crippen molar-refractivity contribution in [3.8, 4) is 0 Å². The molecule has 1 aromatic carbocycles. The van der Waals surface area contributed by atoms with Crippen molar-refractivity contribution in [1.29, 1.82) is 0 Å². The number of thiazole rings is 1. The van der Waals surface area contributed by atoms with Gasteiger partial charge in [-0.1, -0.05) is 11.6 Å². The molecule has 0 aliphatic heterocycles. The third kappa shape index (κ3) is 7.12. The molecule has 2 aromatic rings. The predicted octanol–water partition coefficient (Wildman–Crippen LogP) is 2.92. The lowest BCUT2D eigenvalue weighted by Gasteiger charge is -2.13. The van der Waals surface area contributed by atoms with Crippen LogP contribution in [0.15, 0.2) is 40.9 Å². The zero-order valence-corrected chi connectivity index (χ0v) is 17.8. The van der Waals surface area contributed by atoms with Crippen LogP contribution < -0.4 is 21.1 Å². The standard InChI is InChI=1S/C17H23ClFN5O3S2/c18-13-9-16(29(26,27)24-17-23-6-8-28-17)14(19)10-15(13)22-5-2-1-4-21-12(11-20)3-7-25/h3,6-10,12,21-22,25H,1-2,4-5,11,20H2,(H,23,24)/b7-3+. The third-order valence-electron chi connectivity index (χ3n) is 3.86. The number of hydrogen-bond acceptors (Lipinski definition) is 8. The van der Waals surface area contributed by atoms with Gasteiger partial charge in [-0.3, -0.25) is 4.72 Å². The quantitative estimate of drug-likeness (QED) is 0.241. The van der Waals surface area contributed by atoms with E-state index in [-0.39, 0.29) is 16.2 Å². The fourth-order valence-corrected chi connectivity index (χ4v) is 4.58. The summed E-state index contributed by atoms with van der Waals surface area (Å²) in [6.45, 7) is 1.58. The number of anilines is 2. The molecule has 2 rings (SSSR count). The molecule has 0 saturated carbocycles. The number of halogens is 2. The van der Waals surface area contributed by atoms with Crippen molar-refractivity contribution in [1.82, 2.24) is 10.3 Å². The van der Waals surface area contributed by atoms with Crippen molar-refractivity contribution in [2.75, 3.05) is 29.7 Å². The van der Waals surface area contributed by atoms with Crippen LogP contribution in [-0.4, -0.2) is 44.2 Å². The molecule has 160 valence electrons. The monoisotopic (exact) mass is 463 g/mol. The molecule has 8 nitrogen and oxygen atoms in total. The first kappa shape index (κ1) is 23.4. The first-order valence-electron chi connectivity index (χ1n) is 8.77. The fourth-order valence-electron chi connectivity index (χ4n) is 2.41. The SMILES string of the molecule is NCC(/C=C/O)NCCCCNc1cc(F)c(S(=O)(=O)Nc2nccs2)cc1Cl. The summed E-state index contributed by atoms with van der Waals surface area (Å²) in [6, 6.07) is 2.04. The molecular weight excluding hydrogens is 441 g/mol. The largest absolute Gasteiger partial charge is 0.516 e. The van der Waals surface area contributed by atoms with Gasteiger partial charge < -0.3 is 21.5 Å². The van der Waals surface area contributed by atoms with Crippen molar-refractivity contribution >= 4 is 43.8 Å². The summed E-state index contributed by atoms with van der Waals surface area (Å²) < 4.78 is 41.3. The number of nitrogens with two attached hydrogens (primary N) is 1. The lowest BCUT2D eigenvalue weighted by Crippen LogP contribution is -2.35. The Balaban J connectivity index is 1.89. The minimum absolute atomic E-state index is 0.0935. The number of hydrogen-bond donors (Lipinski definition) is 5. The Morgan fingerprint density at radius 1 is 1.34 bits per heavy atom. The van der Waals surface area contributed by atoms with E-state index >= 15 is 0 Å². The van der Waals surface area contributed by atoms with Gasteiger partial charge in [0.05, 0.1) is 17.0 Å². The summed E-state index contributed by atoms with van der Waals surface area (Å²) in [6.07, 6.45) is 5.54. The zero-order valence-electron chi connectivity index (χ0n) is 15.4. The number of aliphatic hydroxyl groups is 1. The number of nitrogens with zero attached hydrogens (tertiary/aromatic N) is 1. The molecule has 0 saturated heterocycles. The number of aromatic nitrogens is 1. The van der Waals surface area contributed by atoms with Crippen LogP contribution in [0.5, 0.6) is 0 Å². The molecule has 0 aliphatic rings. The van der Waals surface area contributed by atoms with E-state index in [1.54, 1.807) is 11.5 Å². The molecule has 1 unspecified atom stereocenters. The Morgan fingerprint density at radius 3 is 2.76 bits per heavy atom. The Labute approximate surface area is 178 Å². The van der Waals surface area contributed by atoms with Gasteiger partial charge in [0, 0.05) is 30.7 Å². The van der Waals surface area contributed by atoms with E-state index in [9.17, 15) is 12.8 Å². The van der Waals surface area contributed by atoms with Crippen LogP contribution in [0.4, 0.5) is 15.2 Å². The molecular formula is C17H23ClFN5O3S2. The normalized spacial score (nSPS) is 12.9. The maximum absolute atomic E-state index is 14.4. The second-order valence-corrected chi connectivity index (χ2v) is 8.93. The first-order valence-corrected chi connectivity index (χ1v) is 11.5. The van der Waals surface area contributed by atoms with Crippen LogP contribution in [0.2, 0.25) is 5.02 Å². The van der Waals surface area contributed by atoms with E-state index in [0.717, 1.165) is 42.6 Å². The second-order valence-electron chi connectivity index (χ2n) is 5.98. The maximum atomic E-state index is 14.4. The lowest BCUT2D eigenvalue weighted by atomic mass is 10.2. The van der Waals surface area contributed by atoms with Gasteiger partial charge in [0.15, 0.2) is 5.13 Å². The number of benzene rings is 1. The summed E-state index contributed by atoms with van der Waals surface area (Å²) >= 11 is 7.22. The van der Waals surface area contributed by atoms with Gasteiger partial charge in [-0.05, 0) is 37.6 Å². The Kier molecular flexibility index (Phi) is 9.11. The topological polar surface area (TPSA) is 129 Å². The van der Waals surface area contributed by atoms with Gasteiger partial charge in [0.2, 0.25) is 0 Å². The summed E-state index contributed by atoms with van der Waals surface area (Å²) in [4.78, 5) is 3.28. The van der Waals surface area contributed by atoms with Gasteiger partial charge in [0.25, 0.3) is 10.0 Å². The molecule has 1 atom stereocenters. The fraction of sp³-hybridized carbons (Fsp3) is 0.353. The van der Waals surface area contributed by atoms with Crippen molar-refractivity contribution in [2.24, 2.45) is 5.73 Å². The third-order valence-corrected chi connectivity index (χ3v) is 6.35. The number of unbranched alkanes of at least 4 members (excludes halogenated alkanes) is 1. The highest BCUT2D eigenvalue weighted by atomic mass is 35.5. The van der Waals surface area contributed by atoms with E-state index in [4.69, 9.17) is 22.4 Å². The van der Waals surface area contributed by atoms with Gasteiger partial charge in [-0.2, -0.15) is 0 Å². The Bertz CT molecular complexity index is 910. The van der Waals surface area contributed by atoms with Crippen LogP contribution in [0.1, 0.15) is 12.8 Å². The number of aliphatic hydroxyl groups excluding tert-OH is 1. The maximum Gasteiger partial charge on any atom is 0.266 e. The summed E-state index contributed by atoms with van der Waals surface area (Å²) in [7, 11) is -4.13. The van der Waals surface area contributed by atoms with Crippen molar-refractivity contribution in [3.63, 3.8) is 0 Å². The van der Waals surface area contributed by atoms with Gasteiger partial charge in [-0.25, -0.2) is 17.8 Å². The van der Waals surface area contributed by atoms with Crippen LogP contribution >= 0.6 is 22.9 Å². The first-order chi connectivity index (χ1) is 13.9. The van der Waals surface area contributed by atoms with Gasteiger partial charge >= 0.3 is 0 Å². The molecule has 0 bridgehead atoms. The highest BCUT2D eigenvalue weighted by Gasteiger charge is 2.22. The molecule has 0 aliphatic carbocycles. The second kappa shape index (κ2) is 11.3. The molecule has 12 heteroatoms. The molecule has 29 heavy (non-hydrogen) atoms. The number of nitrogens with one attached hydrogen (secondary N) is 3. The van der Waals surface area contributed by atoms with E-state index in [1.807, 2.05) is 0 Å². The van der Waals surface area contributed by atoms with Crippen LogP contribution in [0.25, 0.3) is 0 Å². The van der Waals surface area contributed by atoms with E-state index in [1.165, 1.54) is 6.20 Å². The molecule has 0 amide bonds. The average Bonchev–Trinajstić information content (AvgIpc) is 3.17. The van der Waals surface area contributed by atoms with Gasteiger partial charge in [-0.15, -0.1) is 11.3 Å². The number of rotatable bonds is 12. The summed E-state index contributed by atoms with van der Waals surface area (Å²) in [5, 5.41) is 16.8. The van der Waals surface area contributed by atoms with Crippen molar-refractivity contribution < 1.29 is 17.9 Å². The summed E-state index contributed by atoms with van der Waals surface area (Å²) in [5.74, 6) is -0.913. The van der Waals surface area contributed by atoms with E-state index in [2.05, 4.69) is 20.3 Å². The highest BCUT2D eigenvalue weighted by Crippen LogP contribution is 2.29. The van der Waals surface area contributed by atoms with Crippen molar-refractivity contribution in [2.45, 2.75) is 23.8 Å². The van der Waals surface area contributed by atoms with Gasteiger partial charge in [0.1, 0.15) is 10.7 Å².